The molecule has 0 aliphatic carbocycles. The molecule has 1 fully saturated rings. The second-order valence-electron chi connectivity index (χ2n) is 6.25. The van der Waals surface area contributed by atoms with E-state index in [1.54, 1.807) is 0 Å². The average molecular weight is 275 g/mol. The Morgan fingerprint density at radius 2 is 1.95 bits per heavy atom. The summed E-state index contributed by atoms with van der Waals surface area (Å²) in [5.41, 5.74) is 2.63. The van der Waals surface area contributed by atoms with E-state index in [-0.39, 0.29) is 0 Å². The molecule has 0 bridgehead atoms. The normalized spacial score (nSPS) is 21.7. The van der Waals surface area contributed by atoms with Crippen molar-refractivity contribution in [3.63, 3.8) is 0 Å². The van der Waals surface area contributed by atoms with E-state index < -0.39 is 0 Å². The van der Waals surface area contributed by atoms with Gasteiger partial charge in [0, 0.05) is 38.4 Å². The molecule has 0 radical (unpaired) electrons. The maximum Gasteiger partial charge on any atom is 0.0361 e. The van der Waals surface area contributed by atoms with Gasteiger partial charge in [0.2, 0.25) is 0 Å². The minimum Gasteiger partial charge on any atom is -0.378 e. The summed E-state index contributed by atoms with van der Waals surface area (Å²) in [5, 5.41) is 3.69. The van der Waals surface area contributed by atoms with Gasteiger partial charge in [-0.1, -0.05) is 18.6 Å². The average Bonchev–Trinajstić information content (AvgIpc) is 2.46. The monoisotopic (exact) mass is 275 g/mol. The van der Waals surface area contributed by atoms with Crippen LogP contribution in [-0.4, -0.2) is 45.2 Å². The molecule has 1 heterocycles. The molecule has 20 heavy (non-hydrogen) atoms. The minimum atomic E-state index is 0.418. The fraction of sp³-hybridized carbons (Fsp3) is 0.647. The number of hydrogen-bond donors (Lipinski definition) is 1. The highest BCUT2D eigenvalue weighted by Crippen LogP contribution is 2.19. The van der Waals surface area contributed by atoms with Gasteiger partial charge in [0.25, 0.3) is 0 Å². The van der Waals surface area contributed by atoms with Crippen LogP contribution in [0.4, 0.5) is 5.69 Å². The van der Waals surface area contributed by atoms with E-state index in [4.69, 9.17) is 0 Å². The topological polar surface area (TPSA) is 18.5 Å². The Morgan fingerprint density at radius 3 is 2.55 bits per heavy atom. The Morgan fingerprint density at radius 1 is 1.25 bits per heavy atom. The second-order valence-corrected chi connectivity index (χ2v) is 6.25. The Balaban J connectivity index is 1.86. The molecule has 1 aromatic carbocycles. The minimum absolute atomic E-state index is 0.418. The molecule has 1 aromatic rings. The zero-order valence-corrected chi connectivity index (χ0v) is 13.4. The van der Waals surface area contributed by atoms with E-state index >= 15 is 0 Å². The zero-order valence-electron chi connectivity index (χ0n) is 13.4. The largest absolute Gasteiger partial charge is 0.378 e. The first-order valence-electron chi connectivity index (χ1n) is 7.79. The molecule has 1 aliphatic rings. The molecule has 2 unspecified atom stereocenters. The van der Waals surface area contributed by atoms with Gasteiger partial charge in [0.05, 0.1) is 0 Å². The fourth-order valence-electron chi connectivity index (χ4n) is 2.89. The van der Waals surface area contributed by atoms with Gasteiger partial charge in [-0.3, -0.25) is 0 Å². The van der Waals surface area contributed by atoms with Crippen LogP contribution in [0.1, 0.15) is 37.8 Å². The molecule has 2 rings (SSSR count). The molecule has 3 heteroatoms. The summed E-state index contributed by atoms with van der Waals surface area (Å²) in [6.45, 7) is 4.60. The highest BCUT2D eigenvalue weighted by atomic mass is 15.2. The molecule has 0 spiro atoms. The molecule has 0 amide bonds. The quantitative estimate of drug-likeness (QED) is 0.891. The van der Waals surface area contributed by atoms with Crippen molar-refractivity contribution in [2.24, 2.45) is 0 Å². The molecule has 112 valence electrons. The molecule has 1 N–H and O–H groups in total. The number of likely N-dealkylation sites (N-methyl/N-ethyl adjacent to an activating group) is 1. The van der Waals surface area contributed by atoms with E-state index in [1.165, 1.54) is 37.1 Å². The van der Waals surface area contributed by atoms with Crippen LogP contribution < -0.4 is 10.2 Å². The maximum atomic E-state index is 3.69. The maximum absolute atomic E-state index is 3.69. The van der Waals surface area contributed by atoms with Crippen molar-refractivity contribution in [3.8, 4) is 0 Å². The number of hydrogen-bond acceptors (Lipinski definition) is 3. The lowest BCUT2D eigenvalue weighted by Gasteiger charge is -2.33. The van der Waals surface area contributed by atoms with Crippen LogP contribution in [0.5, 0.6) is 0 Å². The van der Waals surface area contributed by atoms with Gasteiger partial charge in [0.1, 0.15) is 0 Å². The molecule has 3 nitrogen and oxygen atoms in total. The number of nitrogens with one attached hydrogen (secondary N) is 1. The number of likely N-dealkylation sites (tertiary alicyclic amines) is 1. The van der Waals surface area contributed by atoms with Crippen molar-refractivity contribution in [3.05, 3.63) is 29.8 Å². The summed E-state index contributed by atoms with van der Waals surface area (Å²) < 4.78 is 0. The first-order valence-corrected chi connectivity index (χ1v) is 7.79. The molecule has 1 saturated heterocycles. The van der Waals surface area contributed by atoms with E-state index in [1.807, 2.05) is 0 Å². The van der Waals surface area contributed by atoms with Gasteiger partial charge in [0.15, 0.2) is 0 Å². The lowest BCUT2D eigenvalue weighted by Crippen LogP contribution is -2.43. The number of piperidine rings is 1. The van der Waals surface area contributed by atoms with Crippen LogP contribution in [0.3, 0.4) is 0 Å². The highest BCUT2D eigenvalue weighted by molar-refractivity contribution is 5.46. The summed E-state index contributed by atoms with van der Waals surface area (Å²) >= 11 is 0. The number of anilines is 1. The van der Waals surface area contributed by atoms with Crippen LogP contribution in [0, 0.1) is 0 Å². The van der Waals surface area contributed by atoms with Gasteiger partial charge >= 0.3 is 0 Å². The Labute approximate surface area is 124 Å². The Bertz CT molecular complexity index is 399. The van der Waals surface area contributed by atoms with Gasteiger partial charge in [-0.05, 0) is 51.1 Å². The van der Waals surface area contributed by atoms with E-state index in [2.05, 4.69) is 67.4 Å². The molecular weight excluding hydrogens is 246 g/mol. The van der Waals surface area contributed by atoms with E-state index in [9.17, 15) is 0 Å². The molecule has 0 aromatic heterocycles. The molecule has 0 saturated carbocycles. The summed E-state index contributed by atoms with van der Waals surface area (Å²) in [6.07, 6.45) is 4.06. The lowest BCUT2D eigenvalue weighted by atomic mass is 10.0. The first-order chi connectivity index (χ1) is 9.58. The van der Waals surface area contributed by atoms with Crippen LogP contribution in [0.15, 0.2) is 24.3 Å². The predicted molar refractivity (Wildman–Crippen MR) is 87.5 cm³/mol. The van der Waals surface area contributed by atoms with Crippen molar-refractivity contribution in [1.82, 2.24) is 10.2 Å². The van der Waals surface area contributed by atoms with Crippen molar-refractivity contribution < 1.29 is 0 Å². The Kier molecular flexibility index (Phi) is 5.44. The van der Waals surface area contributed by atoms with Crippen LogP contribution in [-0.2, 0) is 0 Å². The van der Waals surface area contributed by atoms with Crippen molar-refractivity contribution in [2.75, 3.05) is 39.1 Å². The fourth-order valence-corrected chi connectivity index (χ4v) is 2.89. The summed E-state index contributed by atoms with van der Waals surface area (Å²) in [4.78, 5) is 4.64. The van der Waals surface area contributed by atoms with Crippen LogP contribution >= 0.6 is 0 Å². The standard InChI is InChI=1S/C17H29N3/c1-14(15-8-10-16(11-9-15)19(2)3)18-13-17-7-5-6-12-20(17)4/h8-11,14,17-18H,5-7,12-13H2,1-4H3. The third kappa shape index (κ3) is 3.97. The Hall–Kier alpha value is -1.06. The number of benzene rings is 1. The third-order valence-corrected chi connectivity index (χ3v) is 4.49. The third-order valence-electron chi connectivity index (χ3n) is 4.49. The summed E-state index contributed by atoms with van der Waals surface area (Å²) in [7, 11) is 6.41. The number of rotatable bonds is 5. The number of nitrogens with zero attached hydrogens (tertiary/aromatic N) is 2. The lowest BCUT2D eigenvalue weighted by molar-refractivity contribution is 0.178. The highest BCUT2D eigenvalue weighted by Gasteiger charge is 2.19. The van der Waals surface area contributed by atoms with Crippen molar-refractivity contribution in [2.45, 2.75) is 38.3 Å². The first kappa shape index (κ1) is 15.3. The van der Waals surface area contributed by atoms with Gasteiger partial charge in [-0.15, -0.1) is 0 Å². The smallest absolute Gasteiger partial charge is 0.0361 e. The van der Waals surface area contributed by atoms with Crippen LogP contribution in [0.25, 0.3) is 0 Å². The zero-order chi connectivity index (χ0) is 14.5. The van der Waals surface area contributed by atoms with Gasteiger partial charge < -0.3 is 15.1 Å². The SMILES string of the molecule is CC(NCC1CCCCN1C)c1ccc(N(C)C)cc1. The van der Waals surface area contributed by atoms with Gasteiger partial charge in [-0.25, -0.2) is 0 Å². The van der Waals surface area contributed by atoms with E-state index in [0.717, 1.165) is 6.54 Å². The van der Waals surface area contributed by atoms with E-state index in [0.29, 0.717) is 12.1 Å². The summed E-state index contributed by atoms with van der Waals surface area (Å²) in [6, 6.07) is 9.98. The van der Waals surface area contributed by atoms with Gasteiger partial charge in [-0.2, -0.15) is 0 Å². The predicted octanol–water partition coefficient (Wildman–Crippen LogP) is 2.89. The van der Waals surface area contributed by atoms with Crippen molar-refractivity contribution >= 4 is 5.69 Å². The van der Waals surface area contributed by atoms with Crippen LogP contribution in [0.2, 0.25) is 0 Å². The molecular formula is C17H29N3. The molecule has 1 aliphatic heterocycles. The molecule has 2 atom stereocenters. The van der Waals surface area contributed by atoms with Crippen molar-refractivity contribution in [1.29, 1.82) is 0 Å². The summed E-state index contributed by atoms with van der Waals surface area (Å²) in [5.74, 6) is 0. The second kappa shape index (κ2) is 7.09.